The summed E-state index contributed by atoms with van der Waals surface area (Å²) < 4.78 is 18.3. The molecule has 0 radical (unpaired) electrons. The van der Waals surface area contributed by atoms with E-state index in [-0.39, 0.29) is 11.5 Å². The van der Waals surface area contributed by atoms with Gasteiger partial charge >= 0.3 is 5.69 Å². The lowest BCUT2D eigenvalue weighted by Crippen LogP contribution is -2.08. The third-order valence-electron chi connectivity index (χ3n) is 2.22. The van der Waals surface area contributed by atoms with Crippen LogP contribution >= 0.6 is 0 Å². The summed E-state index contributed by atoms with van der Waals surface area (Å²) in [7, 11) is 0. The summed E-state index contributed by atoms with van der Waals surface area (Å²) in [6.07, 6.45) is 1.42. The normalized spacial score (nSPS) is 10.0. The van der Waals surface area contributed by atoms with Crippen LogP contribution in [0.3, 0.4) is 0 Å². The van der Waals surface area contributed by atoms with Crippen molar-refractivity contribution in [1.29, 1.82) is 0 Å². The maximum absolute atomic E-state index is 13.0. The first kappa shape index (κ1) is 12.7. The first-order chi connectivity index (χ1) is 9.10. The minimum Gasteiger partial charge on any atom is -0.450 e. The maximum Gasteiger partial charge on any atom is 0.314 e. The Labute approximate surface area is 107 Å². The zero-order chi connectivity index (χ0) is 13.8. The zero-order valence-corrected chi connectivity index (χ0v) is 9.54. The van der Waals surface area contributed by atoms with Crippen molar-refractivity contribution in [2.75, 3.05) is 5.43 Å². The van der Waals surface area contributed by atoms with Crippen molar-refractivity contribution < 1.29 is 14.1 Å². The Morgan fingerprint density at radius 3 is 2.84 bits per heavy atom. The van der Waals surface area contributed by atoms with Gasteiger partial charge in [0.05, 0.1) is 11.0 Å². The average molecular weight is 264 g/mol. The number of rotatable bonds is 4. The number of nitrogen functional groups attached to an aromatic ring is 1. The van der Waals surface area contributed by atoms with Crippen LogP contribution < -0.4 is 16.0 Å². The van der Waals surface area contributed by atoms with E-state index in [1.54, 1.807) is 0 Å². The van der Waals surface area contributed by atoms with Gasteiger partial charge in [-0.25, -0.2) is 15.2 Å². The number of ether oxygens (including phenoxy) is 1. The van der Waals surface area contributed by atoms with E-state index in [2.05, 4.69) is 10.4 Å². The summed E-state index contributed by atoms with van der Waals surface area (Å²) in [5.41, 5.74) is 1.86. The van der Waals surface area contributed by atoms with Crippen molar-refractivity contribution in [1.82, 2.24) is 4.98 Å². The number of nitrogens with two attached hydrogens (primary N) is 1. The molecule has 7 nitrogen and oxygen atoms in total. The Kier molecular flexibility index (Phi) is 3.53. The van der Waals surface area contributed by atoms with Crippen LogP contribution in [0.15, 0.2) is 36.5 Å². The van der Waals surface area contributed by atoms with Gasteiger partial charge in [-0.05, 0) is 18.2 Å². The van der Waals surface area contributed by atoms with Gasteiger partial charge in [0.15, 0.2) is 0 Å². The van der Waals surface area contributed by atoms with Crippen molar-refractivity contribution >= 4 is 11.5 Å². The van der Waals surface area contributed by atoms with Gasteiger partial charge < -0.3 is 10.2 Å². The van der Waals surface area contributed by atoms with E-state index in [9.17, 15) is 14.5 Å². The lowest BCUT2D eigenvalue weighted by atomic mass is 10.3. The summed E-state index contributed by atoms with van der Waals surface area (Å²) in [6, 6.07) is 5.99. The van der Waals surface area contributed by atoms with E-state index in [0.717, 1.165) is 12.1 Å². The van der Waals surface area contributed by atoms with Gasteiger partial charge in [-0.1, -0.05) is 0 Å². The summed E-state index contributed by atoms with van der Waals surface area (Å²) in [5.74, 6) is 5.03. The summed E-state index contributed by atoms with van der Waals surface area (Å²) in [6.45, 7) is 0. The second-order valence-electron chi connectivity index (χ2n) is 3.49. The van der Waals surface area contributed by atoms with Gasteiger partial charge in [-0.3, -0.25) is 10.1 Å². The number of hydrazine groups is 1. The lowest BCUT2D eigenvalue weighted by Gasteiger charge is -2.07. The molecule has 1 heterocycles. The number of halogens is 1. The van der Waals surface area contributed by atoms with Crippen molar-refractivity contribution in [2.45, 2.75) is 0 Å². The fraction of sp³-hybridized carbons (Fsp3) is 0. The molecule has 0 aliphatic heterocycles. The highest BCUT2D eigenvalue weighted by Gasteiger charge is 2.17. The Bertz CT molecular complexity index is 621. The smallest absolute Gasteiger partial charge is 0.314 e. The number of nitro groups is 1. The highest BCUT2D eigenvalue weighted by Crippen LogP contribution is 2.32. The van der Waals surface area contributed by atoms with E-state index >= 15 is 0 Å². The van der Waals surface area contributed by atoms with Crippen molar-refractivity contribution in [3.8, 4) is 11.5 Å². The number of hydrogen-bond acceptors (Lipinski definition) is 6. The fourth-order valence-electron chi connectivity index (χ4n) is 1.40. The number of nitrogens with one attached hydrogen (secondary N) is 1. The van der Waals surface area contributed by atoms with E-state index in [4.69, 9.17) is 10.6 Å². The first-order valence-corrected chi connectivity index (χ1v) is 5.14. The Hall–Kier alpha value is -2.74. The molecule has 19 heavy (non-hydrogen) atoms. The van der Waals surface area contributed by atoms with Crippen LogP contribution in [-0.2, 0) is 0 Å². The van der Waals surface area contributed by atoms with E-state index < -0.39 is 16.4 Å². The number of anilines is 1. The molecule has 0 fully saturated rings. The Balaban J connectivity index is 2.34. The summed E-state index contributed by atoms with van der Waals surface area (Å²) >= 11 is 0. The first-order valence-electron chi connectivity index (χ1n) is 5.14. The molecule has 0 aliphatic rings. The quantitative estimate of drug-likeness (QED) is 0.498. The third kappa shape index (κ3) is 2.93. The number of pyridine rings is 1. The van der Waals surface area contributed by atoms with Crippen LogP contribution in [0.1, 0.15) is 0 Å². The van der Waals surface area contributed by atoms with Gasteiger partial charge in [0.1, 0.15) is 17.4 Å². The second-order valence-corrected chi connectivity index (χ2v) is 3.49. The van der Waals surface area contributed by atoms with E-state index in [0.29, 0.717) is 5.82 Å². The molecule has 2 aromatic rings. The van der Waals surface area contributed by atoms with Gasteiger partial charge in [0.2, 0.25) is 5.75 Å². The molecule has 0 aliphatic carbocycles. The average Bonchev–Trinajstić information content (AvgIpc) is 2.41. The number of benzene rings is 1. The highest BCUT2D eigenvalue weighted by atomic mass is 19.1. The van der Waals surface area contributed by atoms with Crippen LogP contribution in [-0.4, -0.2) is 9.91 Å². The molecule has 0 saturated heterocycles. The number of aromatic nitrogens is 1. The van der Waals surface area contributed by atoms with Crippen LogP contribution in [0.5, 0.6) is 11.5 Å². The van der Waals surface area contributed by atoms with Gasteiger partial charge in [0, 0.05) is 12.3 Å². The number of nitrogens with zero attached hydrogens (tertiary/aromatic N) is 2. The van der Waals surface area contributed by atoms with Crippen LogP contribution in [0.4, 0.5) is 15.9 Å². The predicted octanol–water partition coefficient (Wildman–Crippen LogP) is 2.21. The molecular formula is C11H9FN4O3. The molecule has 0 bridgehead atoms. The monoisotopic (exact) mass is 264 g/mol. The predicted molar refractivity (Wildman–Crippen MR) is 65.2 cm³/mol. The van der Waals surface area contributed by atoms with Crippen molar-refractivity contribution in [2.24, 2.45) is 5.84 Å². The standard InChI is InChI=1S/C11H9FN4O3/c12-7-1-2-10(9(5-7)16(17)18)19-8-3-4-14-11(6-8)15-13/h1-6H,13H2,(H,14,15). The Morgan fingerprint density at radius 1 is 1.37 bits per heavy atom. The van der Waals surface area contributed by atoms with Gasteiger partial charge in [-0.2, -0.15) is 0 Å². The van der Waals surface area contributed by atoms with Gasteiger partial charge in [-0.15, -0.1) is 0 Å². The van der Waals surface area contributed by atoms with Crippen LogP contribution in [0, 0.1) is 15.9 Å². The number of nitro benzene ring substituents is 1. The lowest BCUT2D eigenvalue weighted by molar-refractivity contribution is -0.385. The maximum atomic E-state index is 13.0. The molecule has 0 unspecified atom stereocenters. The molecule has 98 valence electrons. The molecular weight excluding hydrogens is 255 g/mol. The fourth-order valence-corrected chi connectivity index (χ4v) is 1.40. The third-order valence-corrected chi connectivity index (χ3v) is 2.22. The summed E-state index contributed by atoms with van der Waals surface area (Å²) in [5, 5.41) is 10.8. The molecule has 1 aromatic heterocycles. The van der Waals surface area contributed by atoms with E-state index in [1.165, 1.54) is 24.4 Å². The second kappa shape index (κ2) is 5.27. The molecule has 0 atom stereocenters. The van der Waals surface area contributed by atoms with Crippen molar-refractivity contribution in [3.05, 3.63) is 52.5 Å². The highest BCUT2D eigenvalue weighted by molar-refractivity contribution is 5.49. The molecule has 1 aromatic carbocycles. The van der Waals surface area contributed by atoms with Crippen LogP contribution in [0.2, 0.25) is 0 Å². The Morgan fingerprint density at radius 2 is 2.16 bits per heavy atom. The molecule has 2 rings (SSSR count). The molecule has 0 spiro atoms. The molecule has 8 heteroatoms. The largest absolute Gasteiger partial charge is 0.450 e. The number of hydrogen-bond donors (Lipinski definition) is 2. The van der Waals surface area contributed by atoms with E-state index in [1.807, 2.05) is 0 Å². The SMILES string of the molecule is NNc1cc(Oc2ccc(F)cc2[N+](=O)[O-])ccn1. The topological polar surface area (TPSA) is 103 Å². The summed E-state index contributed by atoms with van der Waals surface area (Å²) in [4.78, 5) is 13.9. The van der Waals surface area contributed by atoms with Crippen LogP contribution in [0.25, 0.3) is 0 Å². The van der Waals surface area contributed by atoms with Crippen molar-refractivity contribution in [3.63, 3.8) is 0 Å². The minimum absolute atomic E-state index is 0.0689. The molecule has 0 amide bonds. The molecule has 3 N–H and O–H groups in total. The van der Waals surface area contributed by atoms with Gasteiger partial charge in [0.25, 0.3) is 0 Å². The zero-order valence-electron chi connectivity index (χ0n) is 9.54. The minimum atomic E-state index is -0.721. The molecule has 0 saturated carbocycles.